The predicted octanol–water partition coefficient (Wildman–Crippen LogP) is 6.04. The molecule has 0 radical (unpaired) electrons. The number of benzene rings is 4. The van der Waals surface area contributed by atoms with Gasteiger partial charge in [0.05, 0.1) is 24.9 Å². The summed E-state index contributed by atoms with van der Waals surface area (Å²) in [5.41, 5.74) is 0.754. The number of hydrogen-bond donors (Lipinski definition) is 4. The number of nitrogens with zero attached hydrogens (tertiary/aromatic N) is 1. The van der Waals surface area contributed by atoms with E-state index in [1.54, 1.807) is 37.4 Å². The van der Waals surface area contributed by atoms with Crippen molar-refractivity contribution in [2.75, 3.05) is 25.5 Å². The fourth-order valence-electron chi connectivity index (χ4n) is 5.35. The molecule has 13 heteroatoms. The van der Waals surface area contributed by atoms with Gasteiger partial charge in [0, 0.05) is 30.8 Å². The zero-order valence-electron chi connectivity index (χ0n) is 25.0. The molecule has 1 saturated heterocycles. The molecule has 0 spiro atoms. The minimum Gasteiger partial charge on any atom is -0.508 e. The van der Waals surface area contributed by atoms with Gasteiger partial charge in [-0.2, -0.15) is 0 Å². The van der Waals surface area contributed by atoms with Crippen LogP contribution in [-0.4, -0.2) is 52.4 Å². The van der Waals surface area contributed by atoms with E-state index in [2.05, 4.69) is 5.32 Å². The molecule has 0 saturated carbocycles. The lowest BCUT2D eigenvalue weighted by molar-refractivity contribution is -0.252. The first-order valence-corrected chi connectivity index (χ1v) is 14.5. The van der Waals surface area contributed by atoms with Gasteiger partial charge in [0.2, 0.25) is 5.82 Å². The SMILES string of the molecule is CN(C[C@H]1C[C@@H](c2ccc(CO)cc2)O[C@@H](c2cccc(NC(=O)c3c(F)c(F)c(F)c(F)c3F)c2)O1)C[C@@H](O)c1cccc(O)c1. The average Bonchev–Trinajstić information content (AvgIpc) is 3.06. The molecule has 4 aromatic carbocycles. The van der Waals surface area contributed by atoms with E-state index in [0.717, 1.165) is 5.56 Å². The van der Waals surface area contributed by atoms with Crippen LogP contribution in [0.2, 0.25) is 0 Å². The van der Waals surface area contributed by atoms with E-state index in [-0.39, 0.29) is 24.6 Å². The number of halogens is 5. The number of phenols is 1. The molecular formula is C34H31F5N2O6. The number of aliphatic hydroxyl groups is 2. The molecule has 4 atom stereocenters. The fraction of sp³-hybridized carbons (Fsp3) is 0.265. The van der Waals surface area contributed by atoms with Crippen LogP contribution in [0.25, 0.3) is 0 Å². The lowest BCUT2D eigenvalue weighted by Gasteiger charge is -2.38. The van der Waals surface area contributed by atoms with Crippen molar-refractivity contribution in [3.05, 3.63) is 130 Å². The van der Waals surface area contributed by atoms with Gasteiger partial charge in [0.1, 0.15) is 11.3 Å². The number of aliphatic hydroxyl groups excluding tert-OH is 2. The first kappa shape index (κ1) is 33.9. The summed E-state index contributed by atoms with van der Waals surface area (Å²) in [4.78, 5) is 14.5. The summed E-state index contributed by atoms with van der Waals surface area (Å²) in [7, 11) is 1.79. The van der Waals surface area contributed by atoms with E-state index in [0.29, 0.717) is 29.7 Å². The molecule has 1 heterocycles. The van der Waals surface area contributed by atoms with Crippen molar-refractivity contribution in [3.8, 4) is 5.75 Å². The second kappa shape index (κ2) is 14.6. The molecule has 1 amide bonds. The molecule has 4 aromatic rings. The number of ether oxygens (including phenoxy) is 2. The van der Waals surface area contributed by atoms with E-state index in [9.17, 15) is 42.1 Å². The van der Waals surface area contributed by atoms with E-state index in [1.807, 2.05) is 17.0 Å². The molecule has 4 N–H and O–H groups in total. The van der Waals surface area contributed by atoms with Crippen LogP contribution in [0.3, 0.4) is 0 Å². The van der Waals surface area contributed by atoms with Crippen molar-refractivity contribution < 1.29 is 51.5 Å². The Morgan fingerprint density at radius 1 is 0.894 bits per heavy atom. The first-order valence-electron chi connectivity index (χ1n) is 14.5. The van der Waals surface area contributed by atoms with Crippen molar-refractivity contribution in [1.82, 2.24) is 4.90 Å². The highest BCUT2D eigenvalue weighted by molar-refractivity contribution is 6.04. The summed E-state index contributed by atoms with van der Waals surface area (Å²) in [6, 6.07) is 19.3. The second-order valence-electron chi connectivity index (χ2n) is 11.2. The van der Waals surface area contributed by atoms with Crippen LogP contribution >= 0.6 is 0 Å². The molecule has 1 fully saturated rings. The topological polar surface area (TPSA) is 111 Å². The summed E-state index contributed by atoms with van der Waals surface area (Å²) in [5, 5.41) is 32.1. The van der Waals surface area contributed by atoms with E-state index < -0.39 is 65.2 Å². The second-order valence-corrected chi connectivity index (χ2v) is 11.2. The predicted molar refractivity (Wildman–Crippen MR) is 160 cm³/mol. The van der Waals surface area contributed by atoms with Gasteiger partial charge in [-0.25, -0.2) is 22.0 Å². The highest BCUT2D eigenvalue weighted by Gasteiger charge is 2.34. The number of anilines is 1. The van der Waals surface area contributed by atoms with Gasteiger partial charge >= 0.3 is 0 Å². The number of rotatable bonds is 10. The Labute approximate surface area is 266 Å². The highest BCUT2D eigenvalue weighted by Crippen LogP contribution is 2.39. The van der Waals surface area contributed by atoms with Gasteiger partial charge < -0.3 is 35.0 Å². The molecular weight excluding hydrogens is 627 g/mol. The summed E-state index contributed by atoms with van der Waals surface area (Å²) in [6.45, 7) is 0.414. The van der Waals surface area contributed by atoms with Crippen LogP contribution in [0.1, 0.15) is 57.5 Å². The number of phenolic OH excluding ortho intramolecular Hbond substituents is 1. The van der Waals surface area contributed by atoms with Crippen molar-refractivity contribution in [3.63, 3.8) is 0 Å². The number of nitrogens with one attached hydrogen (secondary N) is 1. The smallest absolute Gasteiger partial charge is 0.261 e. The molecule has 0 aromatic heterocycles. The Morgan fingerprint density at radius 3 is 2.21 bits per heavy atom. The molecule has 8 nitrogen and oxygen atoms in total. The van der Waals surface area contributed by atoms with E-state index >= 15 is 0 Å². The highest BCUT2D eigenvalue weighted by atomic mass is 19.2. The van der Waals surface area contributed by atoms with Gasteiger partial charge in [0.15, 0.2) is 29.6 Å². The molecule has 0 aliphatic carbocycles. The maximum atomic E-state index is 14.3. The third-order valence-corrected chi connectivity index (χ3v) is 7.72. The monoisotopic (exact) mass is 658 g/mol. The first-order chi connectivity index (χ1) is 22.4. The minimum atomic E-state index is -2.38. The number of hydrogen-bond acceptors (Lipinski definition) is 7. The van der Waals surface area contributed by atoms with Crippen molar-refractivity contribution in [2.24, 2.45) is 0 Å². The number of amides is 1. The summed E-state index contributed by atoms with van der Waals surface area (Å²) in [5.74, 6) is -12.9. The van der Waals surface area contributed by atoms with E-state index in [4.69, 9.17) is 9.47 Å². The molecule has 1 aliphatic rings. The quantitative estimate of drug-likeness (QED) is 0.0934. The Kier molecular flexibility index (Phi) is 10.5. The Bertz CT molecular complexity index is 1710. The maximum Gasteiger partial charge on any atom is 0.261 e. The average molecular weight is 659 g/mol. The van der Waals surface area contributed by atoms with Gasteiger partial charge in [-0.1, -0.05) is 48.5 Å². The zero-order valence-corrected chi connectivity index (χ0v) is 25.0. The van der Waals surface area contributed by atoms with Gasteiger partial charge in [-0.15, -0.1) is 0 Å². The summed E-state index contributed by atoms with van der Waals surface area (Å²) in [6.07, 6.45) is -2.47. The van der Waals surface area contributed by atoms with Crippen molar-refractivity contribution in [1.29, 1.82) is 0 Å². The molecule has 0 unspecified atom stereocenters. The minimum absolute atomic E-state index is 0.0269. The van der Waals surface area contributed by atoms with E-state index in [1.165, 1.54) is 30.3 Å². The zero-order chi connectivity index (χ0) is 33.8. The number of aromatic hydroxyl groups is 1. The maximum absolute atomic E-state index is 14.3. The van der Waals surface area contributed by atoms with Crippen LogP contribution in [0.4, 0.5) is 27.6 Å². The molecule has 1 aliphatic heterocycles. The lowest BCUT2D eigenvalue weighted by atomic mass is 9.99. The number of likely N-dealkylation sites (N-methyl/N-ethyl adjacent to an activating group) is 1. The van der Waals surface area contributed by atoms with Crippen LogP contribution < -0.4 is 5.32 Å². The van der Waals surface area contributed by atoms with Gasteiger partial charge in [0.25, 0.3) is 5.91 Å². The Morgan fingerprint density at radius 2 is 1.55 bits per heavy atom. The third-order valence-electron chi connectivity index (χ3n) is 7.72. The van der Waals surface area contributed by atoms with Crippen LogP contribution in [-0.2, 0) is 16.1 Å². The molecule has 5 rings (SSSR count). The summed E-state index contributed by atoms with van der Waals surface area (Å²) < 4.78 is 82.0. The van der Waals surface area contributed by atoms with Crippen LogP contribution in [0.5, 0.6) is 5.75 Å². The fourth-order valence-corrected chi connectivity index (χ4v) is 5.35. The van der Waals surface area contributed by atoms with Crippen molar-refractivity contribution in [2.45, 2.75) is 37.6 Å². The van der Waals surface area contributed by atoms with Crippen LogP contribution in [0.15, 0.2) is 72.8 Å². The lowest BCUT2D eigenvalue weighted by Crippen LogP contribution is -2.39. The largest absolute Gasteiger partial charge is 0.508 e. The van der Waals surface area contributed by atoms with Crippen LogP contribution in [0, 0.1) is 29.1 Å². The van der Waals surface area contributed by atoms with Crippen molar-refractivity contribution >= 4 is 11.6 Å². The normalized spacial score (nSPS) is 18.7. The standard InChI is InChI=1S/C34H31F5N2O6/c1-41(16-25(44)20-4-3-7-23(43)13-20)15-24-14-26(19-10-8-18(17-42)9-11-19)47-34(46-24)21-5-2-6-22(12-21)40-33(45)27-28(35)30(37)32(39)31(38)29(27)36/h2-13,24-26,34,42-44H,14-17H2,1H3,(H,40,45)/t24-,25-,26+,34+/m1/s1. The number of carbonyl (C=O) groups is 1. The third kappa shape index (κ3) is 7.77. The Balaban J connectivity index is 1.36. The molecule has 0 bridgehead atoms. The van der Waals surface area contributed by atoms with Gasteiger partial charge in [-0.3, -0.25) is 4.79 Å². The summed E-state index contributed by atoms with van der Waals surface area (Å²) >= 11 is 0. The Hall–Kier alpha value is -4.40. The number of carbonyl (C=O) groups excluding carboxylic acids is 1. The molecule has 47 heavy (non-hydrogen) atoms. The molecule has 248 valence electrons. The van der Waals surface area contributed by atoms with Gasteiger partial charge in [-0.05, 0) is 48.0 Å².